The highest BCUT2D eigenvalue weighted by Crippen LogP contribution is 2.34. The second-order valence-electron chi connectivity index (χ2n) is 3.65. The van der Waals surface area contributed by atoms with Crippen molar-refractivity contribution >= 4 is 6.08 Å². The number of ether oxygens (including phenoxy) is 1. The van der Waals surface area contributed by atoms with E-state index in [2.05, 4.69) is 4.99 Å². The van der Waals surface area contributed by atoms with Crippen molar-refractivity contribution in [3.05, 3.63) is 23.8 Å². The van der Waals surface area contributed by atoms with Gasteiger partial charge in [0.05, 0.1) is 12.6 Å². The molecule has 0 unspecified atom stereocenters. The van der Waals surface area contributed by atoms with Gasteiger partial charge in [-0.25, -0.2) is 4.79 Å². The summed E-state index contributed by atoms with van der Waals surface area (Å²) in [7, 11) is 1.52. The number of isocyanates is 1. The van der Waals surface area contributed by atoms with Crippen LogP contribution in [-0.2, 0) is 10.3 Å². The van der Waals surface area contributed by atoms with E-state index in [1.807, 2.05) is 0 Å². The van der Waals surface area contributed by atoms with E-state index in [-0.39, 0.29) is 5.75 Å². The van der Waals surface area contributed by atoms with Crippen LogP contribution >= 0.6 is 0 Å². The summed E-state index contributed by atoms with van der Waals surface area (Å²) in [6.07, 6.45) is 1.52. The molecule has 4 heteroatoms. The third-order valence-corrected chi connectivity index (χ3v) is 2.17. The fourth-order valence-electron chi connectivity index (χ4n) is 1.35. The maximum Gasteiger partial charge on any atom is 0.235 e. The number of benzene rings is 1. The highest BCUT2D eigenvalue weighted by molar-refractivity contribution is 5.46. The van der Waals surface area contributed by atoms with Gasteiger partial charge in [0.15, 0.2) is 0 Å². The van der Waals surface area contributed by atoms with Crippen molar-refractivity contribution in [2.75, 3.05) is 7.11 Å². The molecule has 0 amide bonds. The highest BCUT2D eigenvalue weighted by atomic mass is 16.5. The molecule has 0 aliphatic carbocycles. The van der Waals surface area contributed by atoms with Crippen LogP contribution in [0.1, 0.15) is 19.4 Å². The summed E-state index contributed by atoms with van der Waals surface area (Å²) in [6, 6.07) is 4.68. The molecular formula is C11H13NO3. The van der Waals surface area contributed by atoms with E-state index in [1.54, 1.807) is 19.9 Å². The Kier molecular flexibility index (Phi) is 3.12. The van der Waals surface area contributed by atoms with E-state index in [1.165, 1.54) is 25.3 Å². The summed E-state index contributed by atoms with van der Waals surface area (Å²) in [4.78, 5) is 14.0. The molecule has 0 aliphatic rings. The number of rotatable bonds is 3. The van der Waals surface area contributed by atoms with E-state index < -0.39 is 5.54 Å². The van der Waals surface area contributed by atoms with Crippen LogP contribution in [0.25, 0.3) is 0 Å². The van der Waals surface area contributed by atoms with Gasteiger partial charge in [0.25, 0.3) is 0 Å². The highest BCUT2D eigenvalue weighted by Gasteiger charge is 2.24. The molecule has 0 bridgehead atoms. The van der Waals surface area contributed by atoms with Crippen LogP contribution in [0.4, 0.5) is 0 Å². The number of nitrogens with zero attached hydrogens (tertiary/aromatic N) is 1. The molecule has 0 saturated carbocycles. The molecule has 15 heavy (non-hydrogen) atoms. The molecule has 80 valence electrons. The SMILES string of the molecule is COc1ccc(O)cc1C(C)(C)N=C=O. The van der Waals surface area contributed by atoms with Crippen molar-refractivity contribution < 1.29 is 14.6 Å². The van der Waals surface area contributed by atoms with E-state index in [0.717, 1.165) is 0 Å². The average molecular weight is 207 g/mol. The minimum absolute atomic E-state index is 0.111. The summed E-state index contributed by atoms with van der Waals surface area (Å²) in [5.74, 6) is 0.691. The van der Waals surface area contributed by atoms with Gasteiger partial charge in [0.2, 0.25) is 6.08 Å². The van der Waals surface area contributed by atoms with Crippen LogP contribution in [-0.4, -0.2) is 18.3 Å². The van der Waals surface area contributed by atoms with Gasteiger partial charge in [0.1, 0.15) is 11.5 Å². The number of hydrogen-bond donors (Lipinski definition) is 1. The van der Waals surface area contributed by atoms with Crippen molar-refractivity contribution in [3.63, 3.8) is 0 Å². The second-order valence-corrected chi connectivity index (χ2v) is 3.65. The van der Waals surface area contributed by atoms with Gasteiger partial charge in [-0.2, -0.15) is 4.99 Å². The van der Waals surface area contributed by atoms with Crippen LogP contribution < -0.4 is 4.74 Å². The van der Waals surface area contributed by atoms with Crippen molar-refractivity contribution in [2.24, 2.45) is 4.99 Å². The van der Waals surface area contributed by atoms with Crippen molar-refractivity contribution in [1.82, 2.24) is 0 Å². The Labute approximate surface area is 88.2 Å². The summed E-state index contributed by atoms with van der Waals surface area (Å²) in [6.45, 7) is 3.49. The topological polar surface area (TPSA) is 58.9 Å². The van der Waals surface area contributed by atoms with E-state index >= 15 is 0 Å². The molecule has 0 aromatic heterocycles. The molecule has 0 heterocycles. The number of aromatic hydroxyl groups is 1. The lowest BCUT2D eigenvalue weighted by atomic mass is 9.94. The van der Waals surface area contributed by atoms with E-state index in [9.17, 15) is 9.90 Å². The third kappa shape index (κ3) is 2.36. The van der Waals surface area contributed by atoms with Crippen LogP contribution in [0, 0.1) is 0 Å². The van der Waals surface area contributed by atoms with Crippen LogP contribution in [0.3, 0.4) is 0 Å². The molecular weight excluding hydrogens is 194 g/mol. The minimum Gasteiger partial charge on any atom is -0.508 e. The first-order valence-corrected chi connectivity index (χ1v) is 4.48. The largest absolute Gasteiger partial charge is 0.508 e. The number of phenols is 1. The van der Waals surface area contributed by atoms with Gasteiger partial charge >= 0.3 is 0 Å². The van der Waals surface area contributed by atoms with Crippen molar-refractivity contribution in [2.45, 2.75) is 19.4 Å². The number of carbonyl (C=O) groups excluding carboxylic acids is 1. The zero-order valence-corrected chi connectivity index (χ0v) is 8.94. The van der Waals surface area contributed by atoms with E-state index in [4.69, 9.17) is 4.74 Å². The standard InChI is InChI=1S/C11H13NO3/c1-11(2,12-7-13)9-6-8(14)4-5-10(9)15-3/h4-6,14H,1-3H3. The van der Waals surface area contributed by atoms with Crippen molar-refractivity contribution in [1.29, 1.82) is 0 Å². The number of methoxy groups -OCH3 is 1. The predicted molar refractivity (Wildman–Crippen MR) is 55.8 cm³/mol. The second kappa shape index (κ2) is 4.15. The molecule has 4 nitrogen and oxygen atoms in total. The Bertz CT molecular complexity index is 406. The Morgan fingerprint density at radius 1 is 1.47 bits per heavy atom. The summed E-state index contributed by atoms with van der Waals surface area (Å²) < 4.78 is 5.13. The number of aliphatic imine (C=N–C) groups is 1. The normalized spacial score (nSPS) is 10.6. The molecule has 0 aliphatic heterocycles. The third-order valence-electron chi connectivity index (χ3n) is 2.17. The lowest BCUT2D eigenvalue weighted by molar-refractivity contribution is 0.391. The van der Waals surface area contributed by atoms with Crippen LogP contribution in [0.15, 0.2) is 23.2 Å². The Hall–Kier alpha value is -1.80. The zero-order valence-electron chi connectivity index (χ0n) is 8.94. The molecule has 0 radical (unpaired) electrons. The number of hydrogen-bond acceptors (Lipinski definition) is 4. The molecule has 0 atom stereocenters. The maximum absolute atomic E-state index is 10.3. The Balaban J connectivity index is 3.33. The molecule has 1 rings (SSSR count). The molecule has 0 saturated heterocycles. The average Bonchev–Trinajstić information content (AvgIpc) is 2.17. The van der Waals surface area contributed by atoms with Crippen LogP contribution in [0.2, 0.25) is 0 Å². The quantitative estimate of drug-likeness (QED) is 0.609. The van der Waals surface area contributed by atoms with Gasteiger partial charge < -0.3 is 9.84 Å². The first-order valence-electron chi connectivity index (χ1n) is 4.48. The van der Waals surface area contributed by atoms with Gasteiger partial charge in [-0.15, -0.1) is 0 Å². The Morgan fingerprint density at radius 3 is 2.67 bits per heavy atom. The van der Waals surface area contributed by atoms with Crippen molar-refractivity contribution in [3.8, 4) is 11.5 Å². The molecule has 0 fully saturated rings. The molecule has 1 aromatic carbocycles. The molecule has 1 aromatic rings. The molecule has 0 spiro atoms. The Morgan fingerprint density at radius 2 is 2.13 bits per heavy atom. The number of phenolic OH excluding ortho intramolecular Hbond substituents is 1. The van der Waals surface area contributed by atoms with Gasteiger partial charge in [-0.1, -0.05) is 0 Å². The van der Waals surface area contributed by atoms with Crippen LogP contribution in [0.5, 0.6) is 11.5 Å². The summed E-state index contributed by atoms with van der Waals surface area (Å²) in [5.41, 5.74) is -0.111. The first-order chi connectivity index (χ1) is 7.01. The maximum atomic E-state index is 10.3. The van der Waals surface area contributed by atoms with Gasteiger partial charge in [0, 0.05) is 5.56 Å². The smallest absolute Gasteiger partial charge is 0.235 e. The molecule has 1 N–H and O–H groups in total. The monoisotopic (exact) mass is 207 g/mol. The lowest BCUT2D eigenvalue weighted by Gasteiger charge is -2.20. The lowest BCUT2D eigenvalue weighted by Crippen LogP contribution is -2.14. The van der Waals surface area contributed by atoms with E-state index in [0.29, 0.717) is 11.3 Å². The minimum atomic E-state index is -0.758. The fraction of sp³-hybridized carbons (Fsp3) is 0.364. The first kappa shape index (κ1) is 11.3. The predicted octanol–water partition coefficient (Wildman–Crippen LogP) is 1.97. The zero-order chi connectivity index (χ0) is 11.5. The van der Waals surface area contributed by atoms with Gasteiger partial charge in [-0.3, -0.25) is 0 Å². The summed E-state index contributed by atoms with van der Waals surface area (Å²) in [5, 5.41) is 9.37. The summed E-state index contributed by atoms with van der Waals surface area (Å²) >= 11 is 0. The van der Waals surface area contributed by atoms with Gasteiger partial charge in [-0.05, 0) is 32.0 Å². The fourth-order valence-corrected chi connectivity index (χ4v) is 1.35.